The molecule has 0 unspecified atom stereocenters. The number of aromatic carboxylic acids is 1. The third-order valence-corrected chi connectivity index (χ3v) is 5.95. The summed E-state index contributed by atoms with van der Waals surface area (Å²) in [6.07, 6.45) is -9.69. The van der Waals surface area contributed by atoms with Crippen LogP contribution < -0.4 is 9.47 Å². The minimum atomic E-state index is -5.00. The number of aromatic nitrogens is 3. The lowest BCUT2D eigenvalue weighted by atomic mass is 10.1. The number of carboxylic acids is 1. The first-order valence-corrected chi connectivity index (χ1v) is 12.2. The first-order valence-electron chi connectivity index (χ1n) is 12.2. The van der Waals surface area contributed by atoms with Crippen LogP contribution in [0.5, 0.6) is 11.5 Å². The van der Waals surface area contributed by atoms with Gasteiger partial charge in [-0.2, -0.15) is 31.4 Å². The summed E-state index contributed by atoms with van der Waals surface area (Å²) >= 11 is 0. The van der Waals surface area contributed by atoms with Gasteiger partial charge in [0.15, 0.2) is 11.5 Å². The SMILES string of the molecule is Cc1cc(OCCCC(F)(F)F)ccc1COc1ccccc1-c1cccc(-n2ncc(C(=O)O)c2C(F)(F)F)n1. The zero-order valence-corrected chi connectivity index (χ0v) is 21.5. The number of rotatable bonds is 10. The van der Waals surface area contributed by atoms with Crippen molar-refractivity contribution in [3.8, 4) is 28.6 Å². The second-order valence-corrected chi connectivity index (χ2v) is 8.94. The Kier molecular flexibility index (Phi) is 8.55. The molecule has 7 nitrogen and oxygen atoms in total. The number of hydrogen-bond donors (Lipinski definition) is 1. The van der Waals surface area contributed by atoms with Gasteiger partial charge in [0.1, 0.15) is 23.7 Å². The Morgan fingerprint density at radius 2 is 1.73 bits per heavy atom. The molecular weight excluding hydrogens is 556 g/mol. The molecule has 2 heterocycles. The fraction of sp³-hybridized carbons (Fsp3) is 0.250. The van der Waals surface area contributed by atoms with Gasteiger partial charge in [-0.25, -0.2) is 14.5 Å². The second kappa shape index (κ2) is 11.9. The van der Waals surface area contributed by atoms with Gasteiger partial charge < -0.3 is 14.6 Å². The quantitative estimate of drug-likeness (QED) is 0.157. The van der Waals surface area contributed by atoms with Crippen molar-refractivity contribution in [1.82, 2.24) is 14.8 Å². The molecule has 4 aromatic rings. The lowest BCUT2D eigenvalue weighted by molar-refractivity contribution is -0.143. The molecule has 1 N–H and O–H groups in total. The minimum absolute atomic E-state index is 0.0746. The molecule has 0 fully saturated rings. The predicted octanol–water partition coefficient (Wildman–Crippen LogP) is 7.26. The van der Waals surface area contributed by atoms with Crippen molar-refractivity contribution in [2.24, 2.45) is 0 Å². The van der Waals surface area contributed by atoms with Crippen LogP contribution in [0.2, 0.25) is 0 Å². The van der Waals surface area contributed by atoms with Gasteiger partial charge in [0.2, 0.25) is 0 Å². The van der Waals surface area contributed by atoms with Gasteiger partial charge >= 0.3 is 18.3 Å². The number of carbonyl (C=O) groups is 1. The number of benzene rings is 2. The number of carboxylic acid groups (broad SMARTS) is 1. The predicted molar refractivity (Wildman–Crippen MR) is 135 cm³/mol. The number of para-hydroxylation sites is 1. The van der Waals surface area contributed by atoms with Crippen LogP contribution in [0.4, 0.5) is 26.3 Å². The van der Waals surface area contributed by atoms with E-state index >= 15 is 0 Å². The molecule has 2 aromatic heterocycles. The maximum Gasteiger partial charge on any atom is 0.434 e. The Morgan fingerprint density at radius 1 is 0.976 bits per heavy atom. The van der Waals surface area contributed by atoms with Crippen molar-refractivity contribution in [2.75, 3.05) is 6.61 Å². The van der Waals surface area contributed by atoms with Crippen LogP contribution >= 0.6 is 0 Å². The molecule has 41 heavy (non-hydrogen) atoms. The summed E-state index contributed by atoms with van der Waals surface area (Å²) in [7, 11) is 0. The minimum Gasteiger partial charge on any atom is -0.494 e. The molecule has 4 rings (SSSR count). The fourth-order valence-corrected chi connectivity index (χ4v) is 3.99. The normalized spacial score (nSPS) is 11.9. The summed E-state index contributed by atoms with van der Waals surface area (Å²) in [6.45, 7) is 1.83. The van der Waals surface area contributed by atoms with E-state index in [0.29, 0.717) is 27.9 Å². The van der Waals surface area contributed by atoms with E-state index in [9.17, 15) is 36.2 Å². The highest BCUT2D eigenvalue weighted by Crippen LogP contribution is 2.35. The van der Waals surface area contributed by atoms with Gasteiger partial charge in [-0.3, -0.25) is 0 Å². The Morgan fingerprint density at radius 3 is 2.41 bits per heavy atom. The van der Waals surface area contributed by atoms with Crippen LogP contribution in [0.15, 0.2) is 66.9 Å². The van der Waals surface area contributed by atoms with Crippen LogP contribution in [-0.4, -0.2) is 38.6 Å². The Balaban J connectivity index is 1.52. The van der Waals surface area contributed by atoms with Gasteiger partial charge in [-0.15, -0.1) is 0 Å². The van der Waals surface area contributed by atoms with E-state index in [4.69, 9.17) is 9.47 Å². The van der Waals surface area contributed by atoms with Crippen LogP contribution in [0.25, 0.3) is 17.1 Å². The summed E-state index contributed by atoms with van der Waals surface area (Å²) in [5, 5.41) is 12.8. The van der Waals surface area contributed by atoms with E-state index < -0.39 is 36.0 Å². The molecule has 0 radical (unpaired) electrons. The third kappa shape index (κ3) is 7.35. The standard InChI is InChI=1S/C28H23F6N3O4/c1-17-14-19(40-13-5-12-27(29,30)31)11-10-18(17)16-41-23-8-3-2-6-20(23)22-7-4-9-24(36-22)37-25(28(32,33)34)21(15-35-37)26(38)39/h2-4,6-11,14-15H,5,12-13,16H2,1H3,(H,38,39). The molecule has 0 amide bonds. The van der Waals surface area contributed by atoms with Crippen molar-refractivity contribution in [3.63, 3.8) is 0 Å². The molecular formula is C28H23F6N3O4. The second-order valence-electron chi connectivity index (χ2n) is 8.94. The zero-order chi connectivity index (χ0) is 29.8. The monoisotopic (exact) mass is 579 g/mol. The first-order chi connectivity index (χ1) is 19.3. The van der Waals surface area contributed by atoms with E-state index in [-0.39, 0.29) is 31.1 Å². The molecule has 216 valence electrons. The van der Waals surface area contributed by atoms with Gasteiger partial charge in [0.05, 0.1) is 18.5 Å². The van der Waals surface area contributed by atoms with Crippen molar-refractivity contribution >= 4 is 5.97 Å². The Hall–Kier alpha value is -4.55. The molecule has 0 aliphatic carbocycles. The fourth-order valence-electron chi connectivity index (χ4n) is 3.99. The lowest BCUT2D eigenvalue weighted by Crippen LogP contribution is -2.18. The van der Waals surface area contributed by atoms with Gasteiger partial charge in [0, 0.05) is 12.0 Å². The summed E-state index contributed by atoms with van der Waals surface area (Å²) in [4.78, 5) is 15.6. The number of ether oxygens (including phenoxy) is 2. The smallest absolute Gasteiger partial charge is 0.434 e. The molecule has 0 bridgehead atoms. The molecule has 0 spiro atoms. The van der Waals surface area contributed by atoms with E-state index in [1.54, 1.807) is 55.5 Å². The summed E-state index contributed by atoms with van der Waals surface area (Å²) in [5.74, 6) is -1.20. The molecule has 0 saturated carbocycles. The van der Waals surface area contributed by atoms with Crippen molar-refractivity contribution < 1.29 is 45.7 Å². The maximum atomic E-state index is 13.7. The van der Waals surface area contributed by atoms with E-state index in [1.807, 2.05) is 0 Å². The maximum absolute atomic E-state index is 13.7. The molecule has 0 aliphatic heterocycles. The van der Waals surface area contributed by atoms with Crippen LogP contribution in [0, 0.1) is 6.92 Å². The number of nitrogens with zero attached hydrogens (tertiary/aromatic N) is 3. The Labute approximate surface area is 230 Å². The lowest BCUT2D eigenvalue weighted by Gasteiger charge is -2.15. The topological polar surface area (TPSA) is 86.5 Å². The summed E-state index contributed by atoms with van der Waals surface area (Å²) < 4.78 is 89.9. The average Bonchev–Trinajstić information content (AvgIpc) is 3.37. The van der Waals surface area contributed by atoms with E-state index in [1.165, 1.54) is 12.1 Å². The van der Waals surface area contributed by atoms with Crippen molar-refractivity contribution in [3.05, 3.63) is 89.2 Å². The molecule has 0 saturated heterocycles. The van der Waals surface area contributed by atoms with Crippen LogP contribution in [-0.2, 0) is 12.8 Å². The zero-order valence-electron chi connectivity index (χ0n) is 21.5. The van der Waals surface area contributed by atoms with Crippen molar-refractivity contribution in [2.45, 2.75) is 38.7 Å². The molecule has 0 atom stereocenters. The summed E-state index contributed by atoms with van der Waals surface area (Å²) in [5.41, 5.74) is -0.169. The number of alkyl halides is 6. The van der Waals surface area contributed by atoms with E-state index in [2.05, 4.69) is 10.1 Å². The van der Waals surface area contributed by atoms with Gasteiger partial charge in [0.25, 0.3) is 0 Å². The van der Waals surface area contributed by atoms with E-state index in [0.717, 1.165) is 11.1 Å². The number of halogens is 6. The highest BCUT2D eigenvalue weighted by molar-refractivity contribution is 5.89. The number of aryl methyl sites for hydroxylation is 1. The highest BCUT2D eigenvalue weighted by atomic mass is 19.4. The van der Waals surface area contributed by atoms with Crippen LogP contribution in [0.1, 0.15) is 40.0 Å². The largest absolute Gasteiger partial charge is 0.494 e. The average molecular weight is 579 g/mol. The third-order valence-electron chi connectivity index (χ3n) is 5.95. The first kappa shape index (κ1) is 29.4. The summed E-state index contributed by atoms with van der Waals surface area (Å²) in [6, 6.07) is 16.1. The number of hydrogen-bond acceptors (Lipinski definition) is 5. The van der Waals surface area contributed by atoms with Crippen molar-refractivity contribution in [1.29, 1.82) is 0 Å². The van der Waals surface area contributed by atoms with Gasteiger partial charge in [-0.1, -0.05) is 24.3 Å². The van der Waals surface area contributed by atoms with Crippen LogP contribution in [0.3, 0.4) is 0 Å². The van der Waals surface area contributed by atoms with Gasteiger partial charge in [-0.05, 0) is 60.9 Å². The number of pyridine rings is 1. The molecule has 2 aromatic carbocycles. The molecule has 13 heteroatoms. The highest BCUT2D eigenvalue weighted by Gasteiger charge is 2.41. The Bertz CT molecular complexity index is 1530. The molecule has 0 aliphatic rings.